The normalized spacial score (nSPS) is 16.9. The molecule has 1 unspecified atom stereocenters. The van der Waals surface area contributed by atoms with Gasteiger partial charge >= 0.3 is 5.97 Å². The first kappa shape index (κ1) is 17.3. The largest absolute Gasteiger partial charge is 0.481 e. The summed E-state index contributed by atoms with van der Waals surface area (Å²) in [5.74, 6) is 1.17. The quantitative estimate of drug-likeness (QED) is 0.633. The molecule has 0 aromatic carbocycles. The van der Waals surface area contributed by atoms with Crippen LogP contribution >= 0.6 is 11.8 Å². The first-order chi connectivity index (χ1) is 9.61. The standard InChI is InChI=1S/C14H26N2O3S/c15-12(14(19)16-8-3-1-4-9-16)7-11-20-10-5-2-6-13(17)18/h12H,1-11,15H2,(H,17,18). The van der Waals surface area contributed by atoms with Gasteiger partial charge in [0.05, 0.1) is 6.04 Å². The number of hydrogen-bond donors (Lipinski definition) is 2. The second-order valence-corrected chi connectivity index (χ2v) is 6.47. The number of piperidine rings is 1. The number of hydrogen-bond acceptors (Lipinski definition) is 4. The molecule has 0 saturated carbocycles. The highest BCUT2D eigenvalue weighted by atomic mass is 32.2. The fourth-order valence-electron chi connectivity index (χ4n) is 2.26. The molecule has 1 aliphatic heterocycles. The fourth-order valence-corrected chi connectivity index (χ4v) is 3.30. The number of carbonyl (C=O) groups excluding carboxylic acids is 1. The van der Waals surface area contributed by atoms with Crippen LogP contribution in [0.15, 0.2) is 0 Å². The van der Waals surface area contributed by atoms with E-state index in [2.05, 4.69) is 0 Å². The molecule has 1 amide bonds. The van der Waals surface area contributed by atoms with Gasteiger partial charge in [0, 0.05) is 19.5 Å². The van der Waals surface area contributed by atoms with Gasteiger partial charge in [0.15, 0.2) is 0 Å². The summed E-state index contributed by atoms with van der Waals surface area (Å²) in [6, 6.07) is -0.375. The first-order valence-electron chi connectivity index (χ1n) is 7.45. The van der Waals surface area contributed by atoms with Crippen LogP contribution in [0.2, 0.25) is 0 Å². The van der Waals surface area contributed by atoms with Crippen molar-refractivity contribution in [3.63, 3.8) is 0 Å². The Kier molecular flexibility index (Phi) is 8.69. The van der Waals surface area contributed by atoms with E-state index in [1.807, 2.05) is 4.90 Å². The number of unbranched alkanes of at least 4 members (excludes halogenated alkanes) is 1. The lowest BCUT2D eigenvalue weighted by Crippen LogP contribution is -2.46. The van der Waals surface area contributed by atoms with Crippen molar-refractivity contribution in [1.82, 2.24) is 4.90 Å². The maximum absolute atomic E-state index is 12.1. The monoisotopic (exact) mass is 302 g/mol. The number of carboxylic acid groups (broad SMARTS) is 1. The number of thioether (sulfide) groups is 1. The van der Waals surface area contributed by atoms with Crippen LogP contribution in [0.1, 0.15) is 44.9 Å². The van der Waals surface area contributed by atoms with Crippen LogP contribution in [0, 0.1) is 0 Å². The molecule has 6 heteroatoms. The molecule has 116 valence electrons. The summed E-state index contributed by atoms with van der Waals surface area (Å²) < 4.78 is 0. The van der Waals surface area contributed by atoms with Crippen molar-refractivity contribution >= 4 is 23.6 Å². The zero-order chi connectivity index (χ0) is 14.8. The third kappa shape index (κ3) is 7.14. The van der Waals surface area contributed by atoms with Crippen LogP contribution in [-0.2, 0) is 9.59 Å². The lowest BCUT2D eigenvalue weighted by molar-refractivity contribution is -0.137. The number of carboxylic acids is 1. The summed E-state index contributed by atoms with van der Waals surface area (Å²) >= 11 is 1.75. The molecule has 0 aliphatic carbocycles. The number of likely N-dealkylation sites (tertiary alicyclic amines) is 1. The number of nitrogens with two attached hydrogens (primary N) is 1. The Morgan fingerprint density at radius 3 is 2.50 bits per heavy atom. The van der Waals surface area contributed by atoms with Crippen molar-refractivity contribution in [3.05, 3.63) is 0 Å². The van der Waals surface area contributed by atoms with Crippen LogP contribution in [0.5, 0.6) is 0 Å². The third-order valence-electron chi connectivity index (χ3n) is 3.49. The second-order valence-electron chi connectivity index (χ2n) is 5.24. The van der Waals surface area contributed by atoms with E-state index < -0.39 is 5.97 Å². The number of aliphatic carboxylic acids is 1. The molecule has 1 heterocycles. The molecule has 0 aromatic rings. The Labute approximate surface area is 125 Å². The SMILES string of the molecule is NC(CCSCCCCC(=O)O)C(=O)N1CCCCC1. The maximum atomic E-state index is 12.1. The summed E-state index contributed by atoms with van der Waals surface area (Å²) in [6.07, 6.45) is 5.98. The molecule has 3 N–H and O–H groups in total. The van der Waals surface area contributed by atoms with Crippen molar-refractivity contribution in [1.29, 1.82) is 0 Å². The van der Waals surface area contributed by atoms with E-state index in [1.54, 1.807) is 11.8 Å². The van der Waals surface area contributed by atoms with E-state index >= 15 is 0 Å². The van der Waals surface area contributed by atoms with Gasteiger partial charge in [-0.15, -0.1) is 0 Å². The van der Waals surface area contributed by atoms with Crippen molar-refractivity contribution in [2.75, 3.05) is 24.6 Å². The first-order valence-corrected chi connectivity index (χ1v) is 8.60. The summed E-state index contributed by atoms with van der Waals surface area (Å²) in [7, 11) is 0. The zero-order valence-electron chi connectivity index (χ0n) is 12.1. The molecule has 0 radical (unpaired) electrons. The molecular formula is C14H26N2O3S. The maximum Gasteiger partial charge on any atom is 0.303 e. The van der Waals surface area contributed by atoms with Crippen LogP contribution in [-0.4, -0.2) is 52.5 Å². The summed E-state index contributed by atoms with van der Waals surface area (Å²) in [5.41, 5.74) is 5.95. The summed E-state index contributed by atoms with van der Waals surface area (Å²) in [5, 5.41) is 8.51. The van der Waals surface area contributed by atoms with Gasteiger partial charge in [-0.2, -0.15) is 11.8 Å². The fraction of sp³-hybridized carbons (Fsp3) is 0.857. The average Bonchev–Trinajstić information content (AvgIpc) is 2.45. The van der Waals surface area contributed by atoms with Gasteiger partial charge in [-0.1, -0.05) is 0 Å². The van der Waals surface area contributed by atoms with Crippen LogP contribution in [0.3, 0.4) is 0 Å². The molecule has 1 fully saturated rings. The van der Waals surface area contributed by atoms with E-state index in [0.717, 1.165) is 50.3 Å². The zero-order valence-corrected chi connectivity index (χ0v) is 12.9. The van der Waals surface area contributed by atoms with E-state index in [9.17, 15) is 9.59 Å². The molecule has 1 atom stereocenters. The number of carbonyl (C=O) groups is 2. The second kappa shape index (κ2) is 10.0. The summed E-state index contributed by atoms with van der Waals surface area (Å²) in [6.45, 7) is 1.71. The third-order valence-corrected chi connectivity index (χ3v) is 4.59. The Morgan fingerprint density at radius 2 is 1.85 bits per heavy atom. The molecule has 1 saturated heterocycles. The molecule has 1 aliphatic rings. The minimum atomic E-state index is -0.732. The Hall–Kier alpha value is -0.750. The smallest absolute Gasteiger partial charge is 0.303 e. The highest BCUT2D eigenvalue weighted by Gasteiger charge is 2.21. The average molecular weight is 302 g/mol. The minimum absolute atomic E-state index is 0.0937. The van der Waals surface area contributed by atoms with Gasteiger partial charge in [-0.3, -0.25) is 9.59 Å². The molecular weight excluding hydrogens is 276 g/mol. The van der Waals surface area contributed by atoms with Gasteiger partial charge in [0.1, 0.15) is 0 Å². The van der Waals surface area contributed by atoms with E-state index in [4.69, 9.17) is 10.8 Å². The Balaban J connectivity index is 2.02. The minimum Gasteiger partial charge on any atom is -0.481 e. The Morgan fingerprint density at radius 1 is 1.15 bits per heavy atom. The van der Waals surface area contributed by atoms with Gasteiger partial charge in [-0.05, 0) is 50.0 Å². The molecule has 0 aromatic heterocycles. The summed E-state index contributed by atoms with van der Waals surface area (Å²) in [4.78, 5) is 24.3. The molecule has 0 spiro atoms. The van der Waals surface area contributed by atoms with Crippen molar-refractivity contribution < 1.29 is 14.7 Å². The highest BCUT2D eigenvalue weighted by molar-refractivity contribution is 7.99. The van der Waals surface area contributed by atoms with E-state index in [0.29, 0.717) is 6.42 Å². The predicted molar refractivity (Wildman–Crippen MR) is 81.8 cm³/mol. The van der Waals surface area contributed by atoms with Gasteiger partial charge in [0.25, 0.3) is 0 Å². The van der Waals surface area contributed by atoms with Gasteiger partial charge in [0.2, 0.25) is 5.91 Å². The molecule has 1 rings (SSSR count). The molecule has 5 nitrogen and oxygen atoms in total. The van der Waals surface area contributed by atoms with E-state index in [1.165, 1.54) is 6.42 Å². The van der Waals surface area contributed by atoms with Gasteiger partial charge in [-0.25, -0.2) is 0 Å². The van der Waals surface area contributed by atoms with E-state index in [-0.39, 0.29) is 18.4 Å². The lowest BCUT2D eigenvalue weighted by Gasteiger charge is -2.29. The van der Waals surface area contributed by atoms with Crippen molar-refractivity contribution in [2.45, 2.75) is 51.0 Å². The van der Waals surface area contributed by atoms with Crippen LogP contribution < -0.4 is 5.73 Å². The highest BCUT2D eigenvalue weighted by Crippen LogP contribution is 2.13. The topological polar surface area (TPSA) is 83.6 Å². The predicted octanol–water partition coefficient (Wildman–Crippen LogP) is 1.70. The Bertz CT molecular complexity index is 307. The van der Waals surface area contributed by atoms with Gasteiger partial charge < -0.3 is 15.7 Å². The van der Waals surface area contributed by atoms with Crippen molar-refractivity contribution in [2.24, 2.45) is 5.73 Å². The molecule has 0 bridgehead atoms. The number of amides is 1. The number of nitrogens with zero attached hydrogens (tertiary/aromatic N) is 1. The van der Waals surface area contributed by atoms with Crippen LogP contribution in [0.4, 0.5) is 0 Å². The van der Waals surface area contributed by atoms with Crippen molar-refractivity contribution in [3.8, 4) is 0 Å². The lowest BCUT2D eigenvalue weighted by atomic mass is 10.1. The van der Waals surface area contributed by atoms with Crippen LogP contribution in [0.25, 0.3) is 0 Å². The molecule has 20 heavy (non-hydrogen) atoms. The number of rotatable bonds is 9.